The Kier molecular flexibility index (Phi) is 5.48. The third-order valence-corrected chi connectivity index (χ3v) is 3.69. The van der Waals surface area contributed by atoms with Gasteiger partial charge in [-0.3, -0.25) is 0 Å². The summed E-state index contributed by atoms with van der Waals surface area (Å²) in [6.45, 7) is 5.25. The minimum absolute atomic E-state index is 0.248. The first kappa shape index (κ1) is 14.6. The van der Waals surface area contributed by atoms with E-state index in [2.05, 4.69) is 34.2 Å². The van der Waals surface area contributed by atoms with Crippen molar-refractivity contribution in [3.8, 4) is 11.5 Å². The van der Waals surface area contributed by atoms with Crippen LogP contribution in [0.4, 0.5) is 0 Å². The average molecular weight is 330 g/mol. The first-order chi connectivity index (χ1) is 9.20. The summed E-state index contributed by atoms with van der Waals surface area (Å²) >= 11 is 3.51. The van der Waals surface area contributed by atoms with Gasteiger partial charge in [0.05, 0.1) is 4.47 Å². The van der Waals surface area contributed by atoms with Crippen molar-refractivity contribution in [2.24, 2.45) is 5.92 Å². The highest BCUT2D eigenvalue weighted by Crippen LogP contribution is 2.38. The molecule has 1 aromatic rings. The SMILES string of the molecule is CC(CCO)CNCc1cc(Br)c2c(c1)OCCO2. The van der Waals surface area contributed by atoms with Crippen molar-refractivity contribution >= 4 is 15.9 Å². The Labute approximate surface area is 122 Å². The molecule has 0 aromatic heterocycles. The van der Waals surface area contributed by atoms with Gasteiger partial charge in [0.2, 0.25) is 0 Å². The van der Waals surface area contributed by atoms with Gasteiger partial charge in [-0.2, -0.15) is 0 Å². The lowest BCUT2D eigenvalue weighted by atomic mass is 10.1. The lowest BCUT2D eigenvalue weighted by Gasteiger charge is -2.20. The van der Waals surface area contributed by atoms with Crippen molar-refractivity contribution in [1.82, 2.24) is 5.32 Å². The van der Waals surface area contributed by atoms with E-state index in [0.29, 0.717) is 19.1 Å². The molecule has 0 saturated carbocycles. The summed E-state index contributed by atoms with van der Waals surface area (Å²) in [5.74, 6) is 2.08. The van der Waals surface area contributed by atoms with Crippen molar-refractivity contribution in [1.29, 1.82) is 0 Å². The fraction of sp³-hybridized carbons (Fsp3) is 0.571. The van der Waals surface area contributed by atoms with E-state index in [1.54, 1.807) is 0 Å². The zero-order chi connectivity index (χ0) is 13.7. The number of aliphatic hydroxyl groups excluding tert-OH is 1. The van der Waals surface area contributed by atoms with Crippen LogP contribution in [0, 0.1) is 5.92 Å². The maximum absolute atomic E-state index is 8.86. The number of nitrogens with one attached hydrogen (secondary N) is 1. The molecule has 1 aliphatic heterocycles. The fourth-order valence-electron chi connectivity index (χ4n) is 2.05. The molecule has 1 atom stereocenters. The van der Waals surface area contributed by atoms with Gasteiger partial charge in [0.1, 0.15) is 13.2 Å². The number of fused-ring (bicyclic) bond motifs is 1. The molecule has 1 unspecified atom stereocenters. The summed E-state index contributed by atoms with van der Waals surface area (Å²) in [5, 5.41) is 12.2. The molecule has 5 heteroatoms. The third-order valence-electron chi connectivity index (χ3n) is 3.10. The number of rotatable bonds is 6. The van der Waals surface area contributed by atoms with Gasteiger partial charge >= 0.3 is 0 Å². The minimum atomic E-state index is 0.248. The van der Waals surface area contributed by atoms with Crippen LogP contribution >= 0.6 is 15.9 Å². The number of hydrogen-bond donors (Lipinski definition) is 2. The van der Waals surface area contributed by atoms with Gasteiger partial charge < -0.3 is 19.9 Å². The summed E-state index contributed by atoms with van der Waals surface area (Å²) in [6.07, 6.45) is 0.831. The standard InChI is InChI=1S/C14H20BrNO3/c1-10(2-3-17)8-16-9-11-6-12(15)14-13(7-11)18-4-5-19-14/h6-7,10,16-17H,2-5,8-9H2,1H3. The van der Waals surface area contributed by atoms with E-state index < -0.39 is 0 Å². The maximum Gasteiger partial charge on any atom is 0.175 e. The molecule has 2 N–H and O–H groups in total. The van der Waals surface area contributed by atoms with Crippen LogP contribution < -0.4 is 14.8 Å². The Bertz CT molecular complexity index is 425. The van der Waals surface area contributed by atoms with Crippen molar-refractivity contribution in [2.75, 3.05) is 26.4 Å². The second-order valence-corrected chi connectivity index (χ2v) is 5.70. The molecule has 0 radical (unpaired) electrons. The summed E-state index contributed by atoms with van der Waals surface area (Å²) in [7, 11) is 0. The van der Waals surface area contributed by atoms with Crippen LogP contribution in [0.2, 0.25) is 0 Å². The van der Waals surface area contributed by atoms with Gasteiger partial charge in [0, 0.05) is 13.2 Å². The summed E-state index contributed by atoms with van der Waals surface area (Å²) in [5.41, 5.74) is 1.16. The van der Waals surface area contributed by atoms with Crippen molar-refractivity contribution < 1.29 is 14.6 Å². The van der Waals surface area contributed by atoms with Gasteiger partial charge in [-0.05, 0) is 52.5 Å². The van der Waals surface area contributed by atoms with Crippen molar-refractivity contribution in [3.05, 3.63) is 22.2 Å². The van der Waals surface area contributed by atoms with Gasteiger partial charge in [0.25, 0.3) is 0 Å². The molecule has 0 aliphatic carbocycles. The Morgan fingerprint density at radius 2 is 2.16 bits per heavy atom. The van der Waals surface area contributed by atoms with Gasteiger partial charge in [-0.15, -0.1) is 0 Å². The zero-order valence-electron chi connectivity index (χ0n) is 11.1. The number of halogens is 1. The smallest absolute Gasteiger partial charge is 0.175 e. The first-order valence-corrected chi connectivity index (χ1v) is 7.39. The van der Waals surface area contributed by atoms with Crippen LogP contribution in [0.3, 0.4) is 0 Å². The topological polar surface area (TPSA) is 50.7 Å². The van der Waals surface area contributed by atoms with E-state index in [1.165, 1.54) is 0 Å². The van der Waals surface area contributed by atoms with Crippen molar-refractivity contribution in [2.45, 2.75) is 19.9 Å². The molecule has 1 aliphatic rings. The van der Waals surface area contributed by atoms with Gasteiger partial charge in [0.15, 0.2) is 11.5 Å². The second kappa shape index (κ2) is 7.12. The Balaban J connectivity index is 1.92. The average Bonchev–Trinajstić information content (AvgIpc) is 2.39. The summed E-state index contributed by atoms with van der Waals surface area (Å²) < 4.78 is 12.1. The predicted molar refractivity (Wildman–Crippen MR) is 77.7 cm³/mol. The number of hydrogen-bond acceptors (Lipinski definition) is 4. The lowest BCUT2D eigenvalue weighted by Crippen LogP contribution is -2.22. The Hall–Kier alpha value is -0.780. The molecule has 0 fully saturated rings. The summed E-state index contributed by atoms with van der Waals surface area (Å²) in [4.78, 5) is 0. The van der Waals surface area contributed by atoms with Crippen LogP contribution in [0.15, 0.2) is 16.6 Å². The van der Waals surface area contributed by atoms with E-state index in [4.69, 9.17) is 14.6 Å². The van der Waals surface area contributed by atoms with Crippen LogP contribution in [0.1, 0.15) is 18.9 Å². The molecular formula is C14H20BrNO3. The molecule has 106 valence electrons. The Morgan fingerprint density at radius 3 is 2.95 bits per heavy atom. The quantitative estimate of drug-likeness (QED) is 0.841. The molecule has 1 heterocycles. The van der Waals surface area contributed by atoms with E-state index >= 15 is 0 Å². The van der Waals surface area contributed by atoms with Crippen LogP contribution in [0.25, 0.3) is 0 Å². The molecule has 0 amide bonds. The monoisotopic (exact) mass is 329 g/mol. The molecule has 2 rings (SSSR count). The van der Waals surface area contributed by atoms with Crippen molar-refractivity contribution in [3.63, 3.8) is 0 Å². The zero-order valence-corrected chi connectivity index (χ0v) is 12.7. The normalized spacial score (nSPS) is 15.3. The largest absolute Gasteiger partial charge is 0.486 e. The lowest BCUT2D eigenvalue weighted by molar-refractivity contribution is 0.170. The molecule has 0 saturated heterocycles. The summed E-state index contributed by atoms with van der Waals surface area (Å²) in [6, 6.07) is 4.07. The predicted octanol–water partition coefficient (Wildman–Crippen LogP) is 2.33. The molecule has 4 nitrogen and oxygen atoms in total. The van der Waals surface area contributed by atoms with E-state index in [0.717, 1.165) is 41.0 Å². The van der Waals surface area contributed by atoms with E-state index in [1.807, 2.05) is 6.07 Å². The first-order valence-electron chi connectivity index (χ1n) is 6.60. The minimum Gasteiger partial charge on any atom is -0.486 e. The third kappa shape index (κ3) is 4.09. The Morgan fingerprint density at radius 1 is 1.37 bits per heavy atom. The number of ether oxygens (including phenoxy) is 2. The molecule has 19 heavy (non-hydrogen) atoms. The van der Waals surface area contributed by atoms with Crippen LogP contribution in [-0.4, -0.2) is 31.5 Å². The van der Waals surface area contributed by atoms with Crippen LogP contribution in [-0.2, 0) is 6.54 Å². The highest BCUT2D eigenvalue weighted by molar-refractivity contribution is 9.10. The maximum atomic E-state index is 8.86. The van der Waals surface area contributed by atoms with E-state index in [-0.39, 0.29) is 6.61 Å². The van der Waals surface area contributed by atoms with Gasteiger partial charge in [-0.1, -0.05) is 6.92 Å². The van der Waals surface area contributed by atoms with Crippen LogP contribution in [0.5, 0.6) is 11.5 Å². The molecule has 1 aromatic carbocycles. The number of aliphatic hydroxyl groups is 1. The molecular weight excluding hydrogens is 310 g/mol. The highest BCUT2D eigenvalue weighted by atomic mass is 79.9. The molecule has 0 bridgehead atoms. The second-order valence-electron chi connectivity index (χ2n) is 4.85. The fourth-order valence-corrected chi connectivity index (χ4v) is 2.66. The van der Waals surface area contributed by atoms with E-state index in [9.17, 15) is 0 Å². The van der Waals surface area contributed by atoms with Gasteiger partial charge in [-0.25, -0.2) is 0 Å². The highest BCUT2D eigenvalue weighted by Gasteiger charge is 2.16. The number of benzene rings is 1. The molecule has 0 spiro atoms.